The third kappa shape index (κ3) is 4.29. The maximum absolute atomic E-state index is 12.5. The predicted molar refractivity (Wildman–Crippen MR) is 100 cm³/mol. The number of imide groups is 1. The van der Waals surface area contributed by atoms with Crippen LogP contribution in [0.2, 0.25) is 0 Å². The third-order valence-corrected chi connectivity index (χ3v) is 5.44. The molecule has 1 saturated carbocycles. The second kappa shape index (κ2) is 8.08. The zero-order valence-electron chi connectivity index (χ0n) is 14.7. The van der Waals surface area contributed by atoms with Crippen LogP contribution in [0.15, 0.2) is 28.7 Å². The molecule has 1 aliphatic carbocycles. The summed E-state index contributed by atoms with van der Waals surface area (Å²) in [7, 11) is 0. The monoisotopic (exact) mass is 436 g/mol. The molecule has 1 aliphatic heterocycles. The summed E-state index contributed by atoms with van der Waals surface area (Å²) in [6.45, 7) is 0.181. The van der Waals surface area contributed by atoms with Crippen molar-refractivity contribution in [3.8, 4) is 0 Å². The molecule has 0 atom stereocenters. The Hall–Kier alpha value is -2.42. The standard InChI is InChI=1S/C18H21BrN4O4/c19-13-7-5-12(6-8-13)15(25)22-21-14(24)4-3-11-23-16(26)18(20-17(23)27)9-1-2-10-18/h5-8H,1-4,9-11H2,(H,20,27)(H,21,24)(H,22,25). The van der Waals surface area contributed by atoms with Gasteiger partial charge in [0.2, 0.25) is 5.91 Å². The number of hydrogen-bond acceptors (Lipinski definition) is 4. The Kier molecular flexibility index (Phi) is 5.79. The largest absolute Gasteiger partial charge is 0.325 e. The first-order valence-electron chi connectivity index (χ1n) is 8.90. The van der Waals surface area contributed by atoms with Gasteiger partial charge in [-0.25, -0.2) is 4.79 Å². The molecule has 3 rings (SSSR count). The summed E-state index contributed by atoms with van der Waals surface area (Å²) in [5.74, 6) is -0.995. The van der Waals surface area contributed by atoms with E-state index in [1.165, 1.54) is 4.90 Å². The quantitative estimate of drug-likeness (QED) is 0.483. The highest BCUT2D eigenvalue weighted by Gasteiger charge is 2.51. The van der Waals surface area contributed by atoms with Crippen LogP contribution in [0.5, 0.6) is 0 Å². The fourth-order valence-corrected chi connectivity index (χ4v) is 3.72. The minimum Gasteiger partial charge on any atom is -0.323 e. The number of rotatable bonds is 5. The van der Waals surface area contributed by atoms with Gasteiger partial charge in [-0.3, -0.25) is 30.1 Å². The molecule has 1 spiro atoms. The van der Waals surface area contributed by atoms with Crippen LogP contribution >= 0.6 is 15.9 Å². The lowest BCUT2D eigenvalue weighted by molar-refractivity contribution is -0.131. The highest BCUT2D eigenvalue weighted by atomic mass is 79.9. The van der Waals surface area contributed by atoms with E-state index in [1.54, 1.807) is 24.3 Å². The van der Waals surface area contributed by atoms with Crippen LogP contribution < -0.4 is 16.2 Å². The van der Waals surface area contributed by atoms with E-state index in [0.717, 1.165) is 17.3 Å². The van der Waals surface area contributed by atoms with E-state index >= 15 is 0 Å². The Morgan fingerprint density at radius 1 is 1.11 bits per heavy atom. The van der Waals surface area contributed by atoms with Crippen molar-refractivity contribution < 1.29 is 19.2 Å². The van der Waals surface area contributed by atoms with Crippen LogP contribution in [-0.2, 0) is 9.59 Å². The number of benzene rings is 1. The number of halogens is 1. The van der Waals surface area contributed by atoms with Crippen LogP contribution in [-0.4, -0.2) is 40.7 Å². The van der Waals surface area contributed by atoms with Crippen LogP contribution in [0, 0.1) is 0 Å². The second-order valence-corrected chi connectivity index (χ2v) is 7.70. The van der Waals surface area contributed by atoms with Crippen molar-refractivity contribution in [2.24, 2.45) is 0 Å². The molecule has 1 aromatic carbocycles. The minimum atomic E-state index is -0.724. The van der Waals surface area contributed by atoms with E-state index in [2.05, 4.69) is 32.1 Å². The van der Waals surface area contributed by atoms with Crippen molar-refractivity contribution in [1.82, 2.24) is 21.1 Å². The Morgan fingerprint density at radius 2 is 1.78 bits per heavy atom. The molecule has 1 heterocycles. The van der Waals surface area contributed by atoms with E-state index in [1.807, 2.05) is 0 Å². The summed E-state index contributed by atoms with van der Waals surface area (Å²) in [5.41, 5.74) is 4.37. The molecule has 9 heteroatoms. The molecule has 27 heavy (non-hydrogen) atoms. The van der Waals surface area contributed by atoms with Gasteiger partial charge in [0.05, 0.1) is 0 Å². The minimum absolute atomic E-state index is 0.0880. The van der Waals surface area contributed by atoms with Gasteiger partial charge < -0.3 is 5.32 Å². The second-order valence-electron chi connectivity index (χ2n) is 6.79. The van der Waals surface area contributed by atoms with Crippen molar-refractivity contribution in [3.63, 3.8) is 0 Å². The van der Waals surface area contributed by atoms with Gasteiger partial charge >= 0.3 is 6.03 Å². The SMILES string of the molecule is O=C(CCCN1C(=O)NC2(CCCC2)C1=O)NNC(=O)c1ccc(Br)cc1. The van der Waals surface area contributed by atoms with E-state index in [4.69, 9.17) is 0 Å². The molecule has 2 fully saturated rings. The van der Waals surface area contributed by atoms with Gasteiger partial charge in [-0.05, 0) is 43.5 Å². The van der Waals surface area contributed by atoms with Gasteiger partial charge in [0.15, 0.2) is 0 Å². The van der Waals surface area contributed by atoms with Crippen LogP contribution in [0.4, 0.5) is 4.79 Å². The molecule has 0 bridgehead atoms. The van der Waals surface area contributed by atoms with Gasteiger partial charge in [-0.2, -0.15) is 0 Å². The van der Waals surface area contributed by atoms with Crippen LogP contribution in [0.25, 0.3) is 0 Å². The summed E-state index contributed by atoms with van der Waals surface area (Å²) >= 11 is 3.28. The Balaban J connectivity index is 1.41. The summed E-state index contributed by atoms with van der Waals surface area (Å²) in [6.07, 6.45) is 3.63. The number of carbonyl (C=O) groups excluding carboxylic acids is 4. The number of carbonyl (C=O) groups is 4. The molecular formula is C18H21BrN4O4. The summed E-state index contributed by atoms with van der Waals surface area (Å²) < 4.78 is 0.850. The van der Waals surface area contributed by atoms with Gasteiger partial charge in [0.25, 0.3) is 11.8 Å². The number of hydrogen-bond donors (Lipinski definition) is 3. The lowest BCUT2D eigenvalue weighted by atomic mass is 9.98. The highest BCUT2D eigenvalue weighted by Crippen LogP contribution is 2.35. The number of hydrazine groups is 1. The Morgan fingerprint density at radius 3 is 2.44 bits per heavy atom. The number of nitrogens with one attached hydrogen (secondary N) is 3. The first kappa shape index (κ1) is 19.3. The third-order valence-electron chi connectivity index (χ3n) is 4.91. The maximum atomic E-state index is 12.5. The first-order valence-corrected chi connectivity index (χ1v) is 9.69. The number of amides is 5. The van der Waals surface area contributed by atoms with Crippen LogP contribution in [0.1, 0.15) is 48.9 Å². The zero-order valence-corrected chi connectivity index (χ0v) is 16.3. The molecule has 8 nitrogen and oxygen atoms in total. The predicted octanol–water partition coefficient (Wildman–Crippen LogP) is 1.85. The molecule has 0 unspecified atom stereocenters. The van der Waals surface area contributed by atoms with Gasteiger partial charge in [-0.1, -0.05) is 28.8 Å². The smallest absolute Gasteiger partial charge is 0.323 e. The molecule has 144 valence electrons. The highest BCUT2D eigenvalue weighted by molar-refractivity contribution is 9.10. The molecule has 1 saturated heterocycles. The Labute approximate surface area is 165 Å². The first-order chi connectivity index (χ1) is 12.9. The van der Waals surface area contributed by atoms with Crippen LogP contribution in [0.3, 0.4) is 0 Å². The van der Waals surface area contributed by atoms with Crippen molar-refractivity contribution in [2.45, 2.75) is 44.1 Å². The van der Waals surface area contributed by atoms with Crippen molar-refractivity contribution in [2.75, 3.05) is 6.54 Å². The fraction of sp³-hybridized carbons (Fsp3) is 0.444. The van der Waals surface area contributed by atoms with E-state index in [-0.39, 0.29) is 30.8 Å². The summed E-state index contributed by atoms with van der Waals surface area (Å²) in [5, 5.41) is 2.81. The maximum Gasteiger partial charge on any atom is 0.325 e. The van der Waals surface area contributed by atoms with Gasteiger partial charge in [0.1, 0.15) is 5.54 Å². The molecule has 5 amide bonds. The molecule has 0 radical (unpaired) electrons. The lowest BCUT2D eigenvalue weighted by Gasteiger charge is -2.19. The molecule has 2 aliphatic rings. The number of urea groups is 1. The average Bonchev–Trinajstić information content (AvgIpc) is 3.20. The normalized spacial score (nSPS) is 17.9. The van der Waals surface area contributed by atoms with E-state index in [0.29, 0.717) is 24.8 Å². The molecule has 0 aromatic heterocycles. The van der Waals surface area contributed by atoms with E-state index < -0.39 is 11.4 Å². The Bertz CT molecular complexity index is 759. The molecule has 3 N–H and O–H groups in total. The van der Waals surface area contributed by atoms with Crippen molar-refractivity contribution >= 4 is 39.7 Å². The molecule has 1 aromatic rings. The van der Waals surface area contributed by atoms with Crippen molar-refractivity contribution in [3.05, 3.63) is 34.3 Å². The van der Waals surface area contributed by atoms with Gasteiger partial charge in [-0.15, -0.1) is 0 Å². The zero-order chi connectivity index (χ0) is 19.4. The van der Waals surface area contributed by atoms with E-state index in [9.17, 15) is 19.2 Å². The summed E-state index contributed by atoms with van der Waals surface area (Å²) in [4.78, 5) is 49.5. The topological polar surface area (TPSA) is 108 Å². The van der Waals surface area contributed by atoms with Gasteiger partial charge in [0, 0.05) is 23.0 Å². The summed E-state index contributed by atoms with van der Waals surface area (Å²) in [6, 6.07) is 6.33. The average molecular weight is 437 g/mol. The number of nitrogens with zero attached hydrogens (tertiary/aromatic N) is 1. The molecular weight excluding hydrogens is 416 g/mol. The van der Waals surface area contributed by atoms with Crippen molar-refractivity contribution in [1.29, 1.82) is 0 Å². The lowest BCUT2D eigenvalue weighted by Crippen LogP contribution is -2.44. The fourth-order valence-electron chi connectivity index (χ4n) is 3.46.